The summed E-state index contributed by atoms with van der Waals surface area (Å²) in [5, 5.41) is 17.6. The molecule has 0 heterocycles. The van der Waals surface area contributed by atoms with Gasteiger partial charge in [-0.2, -0.15) is 0 Å². The minimum absolute atomic E-state index is 0.0219. The molecular formula is C11H14O4. The molecule has 0 aromatic heterocycles. The smallest absolute Gasteiger partial charge is 0.303 e. The molecule has 4 heteroatoms. The van der Waals surface area contributed by atoms with E-state index < -0.39 is 11.9 Å². The van der Waals surface area contributed by atoms with E-state index in [0.717, 1.165) is 6.42 Å². The van der Waals surface area contributed by atoms with Crippen LogP contribution in [0.25, 0.3) is 0 Å². The van der Waals surface area contributed by atoms with E-state index in [1.165, 1.54) is 0 Å². The summed E-state index contributed by atoms with van der Waals surface area (Å²) in [6.45, 7) is 0. The van der Waals surface area contributed by atoms with E-state index in [2.05, 4.69) is 12.2 Å². The van der Waals surface area contributed by atoms with Crippen molar-refractivity contribution in [1.82, 2.24) is 0 Å². The Balaban J connectivity index is 2.09. The van der Waals surface area contributed by atoms with Crippen LogP contribution in [0.5, 0.6) is 0 Å². The van der Waals surface area contributed by atoms with Gasteiger partial charge in [0, 0.05) is 12.8 Å². The van der Waals surface area contributed by atoms with Gasteiger partial charge in [0.25, 0.3) is 0 Å². The summed E-state index contributed by atoms with van der Waals surface area (Å²) >= 11 is 0. The van der Waals surface area contributed by atoms with E-state index in [-0.39, 0.29) is 36.5 Å². The number of hydrogen-bond donors (Lipinski definition) is 2. The van der Waals surface area contributed by atoms with E-state index in [1.807, 2.05) is 0 Å². The van der Waals surface area contributed by atoms with Crippen molar-refractivity contribution in [3.8, 4) is 0 Å². The van der Waals surface area contributed by atoms with Crippen molar-refractivity contribution >= 4 is 11.9 Å². The van der Waals surface area contributed by atoms with E-state index in [9.17, 15) is 9.59 Å². The highest BCUT2D eigenvalue weighted by molar-refractivity contribution is 5.69. The number of allylic oxidation sites excluding steroid dienone is 2. The van der Waals surface area contributed by atoms with Gasteiger partial charge in [-0.25, -0.2) is 0 Å². The highest BCUT2D eigenvalue weighted by Crippen LogP contribution is 2.50. The number of aliphatic carboxylic acids is 2. The molecule has 2 rings (SSSR count). The van der Waals surface area contributed by atoms with Crippen LogP contribution in [0.3, 0.4) is 0 Å². The SMILES string of the molecule is O=C(O)CC1C2C=CC(C2)C1CC(=O)O. The maximum absolute atomic E-state index is 10.7. The molecule has 0 amide bonds. The van der Waals surface area contributed by atoms with Crippen molar-refractivity contribution in [3.05, 3.63) is 12.2 Å². The zero-order chi connectivity index (χ0) is 11.0. The van der Waals surface area contributed by atoms with Crippen LogP contribution < -0.4 is 0 Å². The van der Waals surface area contributed by atoms with Crippen LogP contribution in [-0.4, -0.2) is 22.2 Å². The van der Waals surface area contributed by atoms with Gasteiger partial charge in [0.15, 0.2) is 0 Å². The summed E-state index contributed by atoms with van der Waals surface area (Å²) in [7, 11) is 0. The fourth-order valence-corrected chi connectivity index (χ4v) is 3.04. The number of hydrogen-bond acceptors (Lipinski definition) is 2. The monoisotopic (exact) mass is 210 g/mol. The molecule has 82 valence electrons. The minimum Gasteiger partial charge on any atom is -0.481 e. The van der Waals surface area contributed by atoms with E-state index >= 15 is 0 Å². The second-order valence-electron chi connectivity index (χ2n) is 4.47. The van der Waals surface area contributed by atoms with Crippen molar-refractivity contribution in [1.29, 1.82) is 0 Å². The van der Waals surface area contributed by atoms with Gasteiger partial charge in [0.2, 0.25) is 0 Å². The predicted molar refractivity (Wildman–Crippen MR) is 52.2 cm³/mol. The molecular weight excluding hydrogens is 196 g/mol. The standard InChI is InChI=1S/C11H14O4/c12-10(13)4-8-6-1-2-7(3-6)9(8)5-11(14)15/h1-2,6-9H,3-5H2,(H,12,13)(H,14,15). The molecule has 15 heavy (non-hydrogen) atoms. The molecule has 0 aliphatic heterocycles. The van der Waals surface area contributed by atoms with E-state index in [1.54, 1.807) is 0 Å². The average molecular weight is 210 g/mol. The molecule has 4 unspecified atom stereocenters. The fourth-order valence-electron chi connectivity index (χ4n) is 3.04. The van der Waals surface area contributed by atoms with Crippen LogP contribution in [0.1, 0.15) is 19.3 Å². The summed E-state index contributed by atoms with van der Waals surface area (Å²) in [6.07, 6.45) is 5.25. The van der Waals surface area contributed by atoms with Gasteiger partial charge in [-0.1, -0.05) is 12.2 Å². The zero-order valence-electron chi connectivity index (χ0n) is 8.30. The molecule has 2 aliphatic carbocycles. The van der Waals surface area contributed by atoms with Crippen molar-refractivity contribution < 1.29 is 19.8 Å². The van der Waals surface area contributed by atoms with Gasteiger partial charge in [-0.3, -0.25) is 9.59 Å². The van der Waals surface area contributed by atoms with Gasteiger partial charge in [0.05, 0.1) is 0 Å². The normalized spacial score (nSPS) is 37.1. The first-order valence-electron chi connectivity index (χ1n) is 5.20. The zero-order valence-corrected chi connectivity index (χ0v) is 8.30. The fraction of sp³-hybridized carbons (Fsp3) is 0.636. The van der Waals surface area contributed by atoms with Gasteiger partial charge >= 0.3 is 11.9 Å². The van der Waals surface area contributed by atoms with Crippen LogP contribution in [0, 0.1) is 23.7 Å². The van der Waals surface area contributed by atoms with Crippen molar-refractivity contribution in [2.24, 2.45) is 23.7 Å². The van der Waals surface area contributed by atoms with Gasteiger partial charge in [0.1, 0.15) is 0 Å². The summed E-state index contributed by atoms with van der Waals surface area (Å²) < 4.78 is 0. The summed E-state index contributed by atoms with van der Waals surface area (Å²) in [5.74, 6) is -1.03. The Morgan fingerprint density at radius 1 is 1.00 bits per heavy atom. The lowest BCUT2D eigenvalue weighted by molar-refractivity contribution is -0.142. The topological polar surface area (TPSA) is 74.6 Å². The summed E-state index contributed by atoms with van der Waals surface area (Å²) in [6, 6.07) is 0. The van der Waals surface area contributed by atoms with Gasteiger partial charge in [-0.05, 0) is 30.1 Å². The van der Waals surface area contributed by atoms with E-state index in [0.29, 0.717) is 0 Å². The lowest BCUT2D eigenvalue weighted by Crippen LogP contribution is -2.24. The Morgan fingerprint density at radius 3 is 1.73 bits per heavy atom. The summed E-state index contributed by atoms with van der Waals surface area (Å²) in [5.41, 5.74) is 0. The largest absolute Gasteiger partial charge is 0.481 e. The molecule has 0 aromatic rings. The molecule has 4 atom stereocenters. The van der Waals surface area contributed by atoms with Crippen molar-refractivity contribution in [2.45, 2.75) is 19.3 Å². The predicted octanol–water partition coefficient (Wildman–Crippen LogP) is 1.37. The highest BCUT2D eigenvalue weighted by Gasteiger charge is 2.45. The van der Waals surface area contributed by atoms with Crippen LogP contribution in [0.4, 0.5) is 0 Å². The molecule has 4 nitrogen and oxygen atoms in total. The molecule has 1 fully saturated rings. The third-order valence-electron chi connectivity index (χ3n) is 3.62. The second-order valence-corrected chi connectivity index (χ2v) is 4.47. The Bertz CT molecular complexity index is 291. The van der Waals surface area contributed by atoms with Crippen molar-refractivity contribution in [3.63, 3.8) is 0 Å². The number of carbonyl (C=O) groups is 2. The number of carboxylic acids is 2. The van der Waals surface area contributed by atoms with Crippen molar-refractivity contribution in [2.75, 3.05) is 0 Å². The Morgan fingerprint density at radius 2 is 1.40 bits per heavy atom. The highest BCUT2D eigenvalue weighted by atomic mass is 16.4. The Kier molecular flexibility index (Phi) is 2.50. The minimum atomic E-state index is -0.823. The average Bonchev–Trinajstić information content (AvgIpc) is 2.67. The van der Waals surface area contributed by atoms with Gasteiger partial charge < -0.3 is 10.2 Å². The second kappa shape index (κ2) is 3.68. The third kappa shape index (κ3) is 1.89. The van der Waals surface area contributed by atoms with Gasteiger partial charge in [-0.15, -0.1) is 0 Å². The lowest BCUT2D eigenvalue weighted by atomic mass is 9.79. The van der Waals surface area contributed by atoms with E-state index in [4.69, 9.17) is 10.2 Å². The Labute approximate surface area is 87.6 Å². The first-order valence-corrected chi connectivity index (χ1v) is 5.20. The lowest BCUT2D eigenvalue weighted by Gasteiger charge is -2.25. The first kappa shape index (κ1) is 10.2. The Hall–Kier alpha value is -1.32. The molecule has 0 spiro atoms. The maximum atomic E-state index is 10.7. The molecule has 0 aromatic carbocycles. The molecule has 2 bridgehead atoms. The maximum Gasteiger partial charge on any atom is 0.303 e. The van der Waals surface area contributed by atoms with Crippen LogP contribution in [0.2, 0.25) is 0 Å². The van der Waals surface area contributed by atoms with Crippen LogP contribution >= 0.6 is 0 Å². The third-order valence-corrected chi connectivity index (χ3v) is 3.62. The molecule has 2 N–H and O–H groups in total. The van der Waals surface area contributed by atoms with Crippen LogP contribution in [0.15, 0.2) is 12.2 Å². The molecule has 0 radical (unpaired) electrons. The number of fused-ring (bicyclic) bond motifs is 2. The first-order chi connectivity index (χ1) is 7.08. The molecule has 0 saturated heterocycles. The summed E-state index contributed by atoms with van der Waals surface area (Å²) in [4.78, 5) is 21.4. The molecule has 1 saturated carbocycles. The quantitative estimate of drug-likeness (QED) is 0.687. The van der Waals surface area contributed by atoms with Crippen LogP contribution in [-0.2, 0) is 9.59 Å². The number of carboxylic acid groups (broad SMARTS) is 2. The number of rotatable bonds is 4. The molecule has 2 aliphatic rings.